The number of rotatable bonds is 7. The standard InChI is InChI=1S/C23H25FN4O4/c1-27-15-19(14-25-27)28-8-5-21(29)20(26-28)12-17-3-2-4-18(11-17)13-22(30)32-16-23(24)6-9-31-10-7-23/h2-5,8,11,14-15H,6-7,9-10,12-13,16H2,1H3. The van der Waals surface area contributed by atoms with Crippen LogP contribution in [-0.2, 0) is 34.2 Å². The zero-order valence-electron chi connectivity index (χ0n) is 17.9. The Balaban J connectivity index is 1.41. The molecule has 3 aromatic rings. The number of ether oxygens (including phenoxy) is 2. The van der Waals surface area contributed by atoms with Crippen molar-refractivity contribution in [2.24, 2.45) is 7.05 Å². The van der Waals surface area contributed by atoms with Crippen molar-refractivity contribution in [2.45, 2.75) is 31.4 Å². The zero-order chi connectivity index (χ0) is 22.6. The topological polar surface area (TPSA) is 88.2 Å². The van der Waals surface area contributed by atoms with E-state index in [1.807, 2.05) is 18.2 Å². The molecule has 168 valence electrons. The Bertz CT molecular complexity index is 1150. The molecule has 1 aliphatic heterocycles. The van der Waals surface area contributed by atoms with Crippen LogP contribution in [0.2, 0.25) is 0 Å². The number of aromatic nitrogens is 4. The van der Waals surface area contributed by atoms with Gasteiger partial charge in [-0.25, -0.2) is 9.07 Å². The number of alkyl halides is 1. The minimum absolute atomic E-state index is 0.0303. The molecule has 3 heterocycles. The molecule has 2 aromatic heterocycles. The molecule has 8 nitrogen and oxygen atoms in total. The third-order valence-corrected chi connectivity index (χ3v) is 5.43. The Morgan fingerprint density at radius 1 is 1.25 bits per heavy atom. The molecule has 0 atom stereocenters. The third kappa shape index (κ3) is 5.47. The SMILES string of the molecule is Cn1cc(-n2ccc(=O)c(Cc3cccc(CC(=O)OCC4(F)CCOCC4)c3)n2)cn1. The summed E-state index contributed by atoms with van der Waals surface area (Å²) >= 11 is 0. The van der Waals surface area contributed by atoms with Crippen LogP contribution >= 0.6 is 0 Å². The lowest BCUT2D eigenvalue weighted by Crippen LogP contribution is -2.37. The van der Waals surface area contributed by atoms with E-state index in [0.29, 0.717) is 25.3 Å². The largest absolute Gasteiger partial charge is 0.462 e. The number of halogens is 1. The predicted molar refractivity (Wildman–Crippen MR) is 114 cm³/mol. The number of carbonyl (C=O) groups excluding carboxylic acids is 1. The molecule has 9 heteroatoms. The Kier molecular flexibility index (Phi) is 6.45. The summed E-state index contributed by atoms with van der Waals surface area (Å²) in [5, 5.41) is 8.56. The molecule has 0 radical (unpaired) electrons. The van der Waals surface area contributed by atoms with E-state index in [9.17, 15) is 14.0 Å². The average molecular weight is 440 g/mol. The molecule has 4 rings (SSSR count). The third-order valence-electron chi connectivity index (χ3n) is 5.43. The molecule has 1 aromatic carbocycles. The molecular formula is C23H25FN4O4. The highest BCUT2D eigenvalue weighted by Crippen LogP contribution is 2.25. The van der Waals surface area contributed by atoms with Crippen LogP contribution in [0.5, 0.6) is 0 Å². The fraction of sp³-hybridized carbons (Fsp3) is 0.391. The molecule has 32 heavy (non-hydrogen) atoms. The molecule has 0 N–H and O–H groups in total. The second-order valence-corrected chi connectivity index (χ2v) is 8.04. The maximum atomic E-state index is 14.6. The summed E-state index contributed by atoms with van der Waals surface area (Å²) in [7, 11) is 1.81. The molecule has 0 spiro atoms. The van der Waals surface area contributed by atoms with Crippen molar-refractivity contribution in [3.05, 3.63) is 76.0 Å². The number of esters is 1. The maximum Gasteiger partial charge on any atom is 0.310 e. The van der Waals surface area contributed by atoms with Crippen LogP contribution in [0.1, 0.15) is 29.7 Å². The predicted octanol–water partition coefficient (Wildman–Crippen LogP) is 2.16. The highest BCUT2D eigenvalue weighted by Gasteiger charge is 2.33. The van der Waals surface area contributed by atoms with E-state index >= 15 is 0 Å². The van der Waals surface area contributed by atoms with Crippen molar-refractivity contribution >= 4 is 5.97 Å². The average Bonchev–Trinajstić information content (AvgIpc) is 3.21. The summed E-state index contributed by atoms with van der Waals surface area (Å²) < 4.78 is 28.2. The molecule has 1 saturated heterocycles. The lowest BCUT2D eigenvalue weighted by Gasteiger charge is -2.28. The lowest BCUT2D eigenvalue weighted by atomic mass is 9.98. The number of nitrogens with zero attached hydrogens (tertiary/aromatic N) is 4. The van der Waals surface area contributed by atoms with Crippen molar-refractivity contribution in [1.29, 1.82) is 0 Å². The van der Waals surface area contributed by atoms with Gasteiger partial charge in [-0.2, -0.15) is 10.2 Å². The summed E-state index contributed by atoms with van der Waals surface area (Å²) in [6.45, 7) is 0.426. The quantitative estimate of drug-likeness (QED) is 0.523. The van der Waals surface area contributed by atoms with Crippen LogP contribution in [0.4, 0.5) is 4.39 Å². The van der Waals surface area contributed by atoms with E-state index in [1.54, 1.807) is 41.1 Å². The first kappa shape index (κ1) is 21.9. The highest BCUT2D eigenvalue weighted by atomic mass is 19.1. The normalized spacial score (nSPS) is 15.4. The van der Waals surface area contributed by atoms with Gasteiger partial charge in [-0.3, -0.25) is 14.3 Å². The molecule has 0 amide bonds. The minimum atomic E-state index is -1.51. The number of hydrogen-bond acceptors (Lipinski definition) is 6. The van der Waals surface area contributed by atoms with Gasteiger partial charge < -0.3 is 9.47 Å². The van der Waals surface area contributed by atoms with Crippen molar-refractivity contribution in [1.82, 2.24) is 19.6 Å². The van der Waals surface area contributed by atoms with Gasteiger partial charge in [0.05, 0.1) is 18.8 Å². The Labute approximate surface area is 184 Å². The summed E-state index contributed by atoms with van der Waals surface area (Å²) in [4.78, 5) is 24.6. The van der Waals surface area contributed by atoms with Gasteiger partial charge in [-0.05, 0) is 11.1 Å². The first-order valence-corrected chi connectivity index (χ1v) is 10.5. The first-order valence-electron chi connectivity index (χ1n) is 10.5. The van der Waals surface area contributed by atoms with Gasteiger partial charge in [-0.1, -0.05) is 24.3 Å². The van der Waals surface area contributed by atoms with E-state index in [-0.39, 0.29) is 31.3 Å². The van der Waals surface area contributed by atoms with Crippen molar-refractivity contribution in [3.8, 4) is 5.69 Å². The van der Waals surface area contributed by atoms with Gasteiger partial charge in [0.2, 0.25) is 5.43 Å². The number of carbonyl (C=O) groups is 1. The van der Waals surface area contributed by atoms with Gasteiger partial charge in [0.15, 0.2) is 0 Å². The first-order chi connectivity index (χ1) is 15.4. The second kappa shape index (κ2) is 9.44. The van der Waals surface area contributed by atoms with Crippen LogP contribution in [0.25, 0.3) is 5.69 Å². The summed E-state index contributed by atoms with van der Waals surface area (Å²) in [6, 6.07) is 8.80. The molecule has 1 fully saturated rings. The van der Waals surface area contributed by atoms with Crippen molar-refractivity contribution in [3.63, 3.8) is 0 Å². The summed E-state index contributed by atoms with van der Waals surface area (Å²) in [5.74, 6) is -0.484. The molecule has 0 bridgehead atoms. The minimum Gasteiger partial charge on any atom is -0.462 e. The molecule has 0 saturated carbocycles. The van der Waals surface area contributed by atoms with E-state index in [1.165, 1.54) is 6.07 Å². The number of benzene rings is 1. The fourth-order valence-corrected chi connectivity index (χ4v) is 3.59. The molecule has 1 aliphatic rings. The Hall–Kier alpha value is -3.33. The van der Waals surface area contributed by atoms with Crippen molar-refractivity contribution in [2.75, 3.05) is 19.8 Å². The van der Waals surface area contributed by atoms with Gasteiger partial charge in [0.25, 0.3) is 0 Å². The Morgan fingerprint density at radius 2 is 2.03 bits per heavy atom. The zero-order valence-corrected chi connectivity index (χ0v) is 17.9. The van der Waals surface area contributed by atoms with E-state index in [2.05, 4.69) is 10.2 Å². The van der Waals surface area contributed by atoms with Crippen molar-refractivity contribution < 1.29 is 18.7 Å². The lowest BCUT2D eigenvalue weighted by molar-refractivity contribution is -0.150. The summed E-state index contributed by atoms with van der Waals surface area (Å²) in [5.41, 5.74) is 1.03. The second-order valence-electron chi connectivity index (χ2n) is 8.04. The van der Waals surface area contributed by atoms with E-state index in [4.69, 9.17) is 9.47 Å². The van der Waals surface area contributed by atoms with Crippen LogP contribution in [0.3, 0.4) is 0 Å². The van der Waals surface area contributed by atoms with Gasteiger partial charge in [-0.15, -0.1) is 0 Å². The maximum absolute atomic E-state index is 14.6. The van der Waals surface area contributed by atoms with E-state index < -0.39 is 11.6 Å². The van der Waals surface area contributed by atoms with Crippen LogP contribution in [0, 0.1) is 0 Å². The van der Waals surface area contributed by atoms with Gasteiger partial charge in [0, 0.05) is 51.8 Å². The van der Waals surface area contributed by atoms with Crippen LogP contribution in [0.15, 0.2) is 53.7 Å². The molecule has 0 aliphatic carbocycles. The van der Waals surface area contributed by atoms with E-state index in [0.717, 1.165) is 16.8 Å². The monoisotopic (exact) mass is 440 g/mol. The molecular weight excluding hydrogens is 415 g/mol. The summed E-state index contributed by atoms with van der Waals surface area (Å²) in [6.07, 6.45) is 5.88. The fourth-order valence-electron chi connectivity index (χ4n) is 3.59. The molecule has 0 unspecified atom stereocenters. The van der Waals surface area contributed by atoms with Crippen LogP contribution < -0.4 is 5.43 Å². The highest BCUT2D eigenvalue weighted by molar-refractivity contribution is 5.72. The van der Waals surface area contributed by atoms with Gasteiger partial charge in [0.1, 0.15) is 23.7 Å². The van der Waals surface area contributed by atoms with Gasteiger partial charge >= 0.3 is 5.97 Å². The van der Waals surface area contributed by atoms with Crippen LogP contribution in [-0.4, -0.2) is 51.0 Å². The smallest absolute Gasteiger partial charge is 0.310 e. The number of hydrogen-bond donors (Lipinski definition) is 0. The number of aryl methyl sites for hydroxylation is 1. The Morgan fingerprint density at radius 3 is 2.78 bits per heavy atom.